The largest absolute Gasteiger partial charge is 0.494 e. The molecular formula is C34H41N5O7. The molecule has 2 aliphatic heterocycles. The standard InChI is InChI=1S/C34H41N5O7/c1-34(2,3)46-32(41)36-15-4-5-17-43-26-11-7-10-25(19-26)24-9-6-8-23(18-24)20-35-16-14-27-21-39(33(42)45-27)29-13-12-28-31(37-29)38-30(40)22-44-28/h6-13,18-19,27,35H,4-5,14-17,20-22H2,1-3H3,(H,36,41)(H,37,38,40)/t27-/m0/s1. The van der Waals surface area contributed by atoms with Gasteiger partial charge in [0.25, 0.3) is 5.91 Å². The van der Waals surface area contributed by atoms with E-state index in [4.69, 9.17) is 18.9 Å². The molecular weight excluding hydrogens is 590 g/mol. The van der Waals surface area contributed by atoms with Crippen LogP contribution in [0.5, 0.6) is 11.5 Å². The number of aromatic nitrogens is 1. The maximum Gasteiger partial charge on any atom is 0.415 e. The van der Waals surface area contributed by atoms with E-state index in [1.807, 2.05) is 45.0 Å². The molecule has 12 nitrogen and oxygen atoms in total. The molecule has 2 aliphatic rings. The van der Waals surface area contributed by atoms with E-state index in [1.165, 1.54) is 4.90 Å². The summed E-state index contributed by atoms with van der Waals surface area (Å²) in [7, 11) is 0. The lowest BCUT2D eigenvalue weighted by Gasteiger charge is -2.19. The zero-order valence-corrected chi connectivity index (χ0v) is 26.5. The Kier molecular flexibility index (Phi) is 10.6. The van der Waals surface area contributed by atoms with Gasteiger partial charge in [0.05, 0.1) is 13.2 Å². The third-order valence-corrected chi connectivity index (χ3v) is 7.19. The molecule has 3 aromatic rings. The summed E-state index contributed by atoms with van der Waals surface area (Å²) in [6, 6.07) is 19.7. The van der Waals surface area contributed by atoms with Crippen LogP contribution in [0.4, 0.5) is 21.2 Å². The average Bonchev–Trinajstić information content (AvgIpc) is 3.40. The van der Waals surface area contributed by atoms with Crippen LogP contribution in [0.1, 0.15) is 45.6 Å². The first-order valence-electron chi connectivity index (χ1n) is 15.5. The fraction of sp³-hybridized carbons (Fsp3) is 0.412. The summed E-state index contributed by atoms with van der Waals surface area (Å²) in [5.41, 5.74) is 2.78. The van der Waals surface area contributed by atoms with E-state index in [-0.39, 0.29) is 18.6 Å². The second-order valence-electron chi connectivity index (χ2n) is 12.1. The van der Waals surface area contributed by atoms with Gasteiger partial charge >= 0.3 is 12.2 Å². The highest BCUT2D eigenvalue weighted by Gasteiger charge is 2.33. The minimum atomic E-state index is -0.507. The van der Waals surface area contributed by atoms with Gasteiger partial charge in [-0.15, -0.1) is 0 Å². The molecule has 0 saturated carbocycles. The zero-order chi connectivity index (χ0) is 32.5. The molecule has 0 bridgehead atoms. The quantitative estimate of drug-likeness (QED) is 0.215. The predicted octanol–water partition coefficient (Wildman–Crippen LogP) is 5.27. The molecule has 0 unspecified atom stereocenters. The number of ether oxygens (including phenoxy) is 4. The summed E-state index contributed by atoms with van der Waals surface area (Å²) in [6.45, 7) is 8.25. The molecule has 3 heterocycles. The normalized spacial score (nSPS) is 15.8. The fourth-order valence-electron chi connectivity index (χ4n) is 5.01. The van der Waals surface area contributed by atoms with Crippen molar-refractivity contribution in [1.29, 1.82) is 0 Å². The van der Waals surface area contributed by atoms with Crippen molar-refractivity contribution in [3.63, 3.8) is 0 Å². The molecule has 3 N–H and O–H groups in total. The Labute approximate surface area is 268 Å². The second-order valence-corrected chi connectivity index (χ2v) is 12.1. The van der Waals surface area contributed by atoms with Crippen molar-refractivity contribution < 1.29 is 33.3 Å². The van der Waals surface area contributed by atoms with E-state index in [2.05, 4.69) is 45.2 Å². The number of cyclic esters (lactones) is 1. The van der Waals surface area contributed by atoms with Gasteiger partial charge in [0.15, 0.2) is 18.2 Å². The van der Waals surface area contributed by atoms with Crippen LogP contribution in [-0.2, 0) is 20.8 Å². The third-order valence-electron chi connectivity index (χ3n) is 7.19. The number of pyridine rings is 1. The van der Waals surface area contributed by atoms with Gasteiger partial charge in [0, 0.05) is 13.1 Å². The van der Waals surface area contributed by atoms with E-state index in [0.717, 1.165) is 35.3 Å². The smallest absolute Gasteiger partial charge is 0.415 e. The Morgan fingerprint density at radius 3 is 2.67 bits per heavy atom. The SMILES string of the molecule is CC(C)(C)OC(=O)NCCCCOc1cccc(-c2cccc(CNCC[C@H]3CN(c4ccc5c(n4)NC(=O)CO5)C(=O)O3)c2)c1. The number of benzene rings is 2. The number of carbonyl (C=O) groups excluding carboxylic acids is 3. The zero-order valence-electron chi connectivity index (χ0n) is 26.5. The van der Waals surface area contributed by atoms with Crippen LogP contribution in [0, 0.1) is 0 Å². The van der Waals surface area contributed by atoms with Crippen LogP contribution >= 0.6 is 0 Å². The maximum atomic E-state index is 12.5. The van der Waals surface area contributed by atoms with E-state index < -0.39 is 17.8 Å². The lowest BCUT2D eigenvalue weighted by atomic mass is 10.0. The number of carbonyl (C=O) groups is 3. The number of nitrogens with zero attached hydrogens (tertiary/aromatic N) is 2. The Balaban J connectivity index is 1.03. The molecule has 1 atom stereocenters. The maximum absolute atomic E-state index is 12.5. The van der Waals surface area contributed by atoms with Crippen LogP contribution in [0.3, 0.4) is 0 Å². The first-order valence-corrected chi connectivity index (χ1v) is 15.5. The van der Waals surface area contributed by atoms with Crippen molar-refractivity contribution in [3.8, 4) is 22.6 Å². The molecule has 5 rings (SSSR count). The molecule has 12 heteroatoms. The highest BCUT2D eigenvalue weighted by molar-refractivity contribution is 5.95. The van der Waals surface area contributed by atoms with Gasteiger partial charge in [-0.3, -0.25) is 9.69 Å². The minimum absolute atomic E-state index is 0.0540. The molecule has 0 aliphatic carbocycles. The summed E-state index contributed by atoms with van der Waals surface area (Å²) >= 11 is 0. The van der Waals surface area contributed by atoms with Gasteiger partial charge in [0.2, 0.25) is 0 Å². The molecule has 0 spiro atoms. The van der Waals surface area contributed by atoms with Crippen LogP contribution < -0.4 is 30.3 Å². The van der Waals surface area contributed by atoms with Crippen molar-refractivity contribution in [1.82, 2.24) is 15.6 Å². The summed E-state index contributed by atoms with van der Waals surface area (Å²) in [5.74, 6) is 1.69. The van der Waals surface area contributed by atoms with Crippen LogP contribution in [0.15, 0.2) is 60.7 Å². The van der Waals surface area contributed by atoms with E-state index in [0.29, 0.717) is 56.6 Å². The van der Waals surface area contributed by atoms with Crippen molar-refractivity contribution in [2.24, 2.45) is 0 Å². The number of rotatable bonds is 13. The summed E-state index contributed by atoms with van der Waals surface area (Å²) in [6.07, 6.45) is 1.09. The summed E-state index contributed by atoms with van der Waals surface area (Å²) in [4.78, 5) is 41.7. The number of hydrogen-bond donors (Lipinski definition) is 3. The topological polar surface area (TPSA) is 140 Å². The second kappa shape index (κ2) is 15.0. The molecule has 1 aromatic heterocycles. The molecule has 1 saturated heterocycles. The summed E-state index contributed by atoms with van der Waals surface area (Å²) < 4.78 is 22.1. The van der Waals surface area contributed by atoms with E-state index in [1.54, 1.807) is 12.1 Å². The highest BCUT2D eigenvalue weighted by atomic mass is 16.6. The van der Waals surface area contributed by atoms with Crippen LogP contribution in [0.25, 0.3) is 11.1 Å². The van der Waals surface area contributed by atoms with Gasteiger partial charge in [-0.2, -0.15) is 0 Å². The first kappa shape index (κ1) is 32.6. The van der Waals surface area contributed by atoms with Crippen molar-refractivity contribution in [3.05, 3.63) is 66.2 Å². The number of anilines is 2. The van der Waals surface area contributed by atoms with E-state index in [9.17, 15) is 14.4 Å². The average molecular weight is 632 g/mol. The molecule has 244 valence electrons. The third kappa shape index (κ3) is 9.33. The van der Waals surface area contributed by atoms with Crippen molar-refractivity contribution >= 4 is 29.7 Å². The van der Waals surface area contributed by atoms with Gasteiger partial charge in [-0.1, -0.05) is 30.3 Å². The number of hydrogen-bond acceptors (Lipinski definition) is 9. The van der Waals surface area contributed by atoms with Gasteiger partial charge in [0.1, 0.15) is 23.3 Å². The molecule has 3 amide bonds. The minimum Gasteiger partial charge on any atom is -0.494 e. The van der Waals surface area contributed by atoms with Crippen LogP contribution in [-0.4, -0.2) is 67.6 Å². The number of nitrogens with one attached hydrogen (secondary N) is 3. The fourth-order valence-corrected chi connectivity index (χ4v) is 5.01. The Morgan fingerprint density at radius 1 is 1.04 bits per heavy atom. The first-order chi connectivity index (χ1) is 22.1. The Hall–Kier alpha value is -4.84. The monoisotopic (exact) mass is 631 g/mol. The van der Waals surface area contributed by atoms with E-state index >= 15 is 0 Å². The van der Waals surface area contributed by atoms with Crippen molar-refractivity contribution in [2.75, 3.05) is 43.1 Å². The highest BCUT2D eigenvalue weighted by Crippen LogP contribution is 2.30. The molecule has 1 fully saturated rings. The lowest BCUT2D eigenvalue weighted by molar-refractivity contribution is -0.118. The lowest BCUT2D eigenvalue weighted by Crippen LogP contribution is -2.33. The number of alkyl carbamates (subject to hydrolysis) is 1. The number of unbranched alkanes of at least 4 members (excludes halogenated alkanes) is 1. The van der Waals surface area contributed by atoms with Crippen molar-refractivity contribution in [2.45, 2.75) is 58.3 Å². The van der Waals surface area contributed by atoms with Crippen LogP contribution in [0.2, 0.25) is 0 Å². The Morgan fingerprint density at radius 2 is 1.85 bits per heavy atom. The Bertz CT molecular complexity index is 1540. The van der Waals surface area contributed by atoms with Gasteiger partial charge < -0.3 is 34.9 Å². The summed E-state index contributed by atoms with van der Waals surface area (Å²) in [5, 5.41) is 8.88. The number of fused-ring (bicyclic) bond motifs is 1. The predicted molar refractivity (Wildman–Crippen MR) is 173 cm³/mol. The molecule has 2 aromatic carbocycles. The molecule has 46 heavy (non-hydrogen) atoms. The van der Waals surface area contributed by atoms with Gasteiger partial charge in [-0.05, 0) is 93.6 Å². The number of amides is 3. The van der Waals surface area contributed by atoms with Gasteiger partial charge in [-0.25, -0.2) is 14.6 Å². The molecule has 0 radical (unpaired) electrons.